The Morgan fingerprint density at radius 3 is 2.47 bits per heavy atom. The van der Waals surface area contributed by atoms with Crippen LogP contribution < -0.4 is 5.73 Å². The number of nitrogens with zero attached hydrogens (tertiary/aromatic N) is 3. The standard InChI is InChI=1S/C14H15ClN4/c1-14(2,3)19-13(17)10(8-16)12(18-19)9-6-4-5-7-11(9)15/h4-7H,17H2,1-3H3. The SMILES string of the molecule is CC(C)(C)n1nc(-c2ccccc2Cl)c(C#N)c1N. The van der Waals surface area contributed by atoms with Crippen LogP contribution >= 0.6 is 11.6 Å². The molecule has 98 valence electrons. The molecule has 19 heavy (non-hydrogen) atoms. The number of anilines is 1. The van der Waals surface area contributed by atoms with Crippen LogP contribution in [0.4, 0.5) is 5.82 Å². The fourth-order valence-electron chi connectivity index (χ4n) is 1.89. The molecule has 0 saturated carbocycles. The fraction of sp³-hybridized carbons (Fsp3) is 0.286. The zero-order valence-electron chi connectivity index (χ0n) is 11.1. The summed E-state index contributed by atoms with van der Waals surface area (Å²) in [5.74, 6) is 0.366. The Morgan fingerprint density at radius 2 is 1.95 bits per heavy atom. The van der Waals surface area contributed by atoms with Crippen LogP contribution in [0.3, 0.4) is 0 Å². The van der Waals surface area contributed by atoms with Crippen molar-refractivity contribution in [2.45, 2.75) is 26.3 Å². The third-order valence-electron chi connectivity index (χ3n) is 2.80. The average Bonchev–Trinajstić information content (AvgIpc) is 2.66. The Hall–Kier alpha value is -1.99. The Balaban J connectivity index is 2.73. The lowest BCUT2D eigenvalue weighted by Crippen LogP contribution is -2.24. The quantitative estimate of drug-likeness (QED) is 0.866. The molecule has 1 aromatic heterocycles. The third kappa shape index (κ3) is 2.29. The number of hydrogen-bond donors (Lipinski definition) is 1. The van der Waals surface area contributed by atoms with E-state index in [9.17, 15) is 5.26 Å². The predicted molar refractivity (Wildman–Crippen MR) is 76.8 cm³/mol. The number of nitriles is 1. The molecule has 0 bridgehead atoms. The number of aromatic nitrogens is 2. The van der Waals surface area contributed by atoms with Crippen LogP contribution in [0.2, 0.25) is 5.02 Å². The smallest absolute Gasteiger partial charge is 0.141 e. The molecule has 1 heterocycles. The molecular weight excluding hydrogens is 260 g/mol. The van der Waals surface area contributed by atoms with Crippen LogP contribution in [0.25, 0.3) is 11.3 Å². The molecule has 2 N–H and O–H groups in total. The lowest BCUT2D eigenvalue weighted by molar-refractivity contribution is 0.362. The van der Waals surface area contributed by atoms with E-state index in [0.29, 0.717) is 22.1 Å². The second kappa shape index (κ2) is 4.60. The molecule has 0 aliphatic heterocycles. The van der Waals surface area contributed by atoms with Crippen molar-refractivity contribution in [1.29, 1.82) is 5.26 Å². The third-order valence-corrected chi connectivity index (χ3v) is 3.13. The van der Waals surface area contributed by atoms with Crippen molar-refractivity contribution in [2.75, 3.05) is 5.73 Å². The summed E-state index contributed by atoms with van der Waals surface area (Å²) in [6.45, 7) is 5.94. The van der Waals surface area contributed by atoms with Crippen molar-refractivity contribution in [3.8, 4) is 17.3 Å². The Bertz CT molecular complexity index is 659. The van der Waals surface area contributed by atoms with Crippen molar-refractivity contribution in [1.82, 2.24) is 9.78 Å². The lowest BCUT2D eigenvalue weighted by atomic mass is 10.1. The number of rotatable bonds is 1. The van der Waals surface area contributed by atoms with Gasteiger partial charge in [-0.3, -0.25) is 0 Å². The van der Waals surface area contributed by atoms with E-state index in [1.807, 2.05) is 39.0 Å². The maximum absolute atomic E-state index is 9.30. The van der Waals surface area contributed by atoms with Gasteiger partial charge in [0, 0.05) is 5.56 Å². The first-order chi connectivity index (χ1) is 8.86. The van der Waals surface area contributed by atoms with Gasteiger partial charge >= 0.3 is 0 Å². The molecule has 1 aromatic carbocycles. The molecule has 4 nitrogen and oxygen atoms in total. The van der Waals surface area contributed by atoms with Crippen molar-refractivity contribution < 1.29 is 0 Å². The highest BCUT2D eigenvalue weighted by molar-refractivity contribution is 6.33. The van der Waals surface area contributed by atoms with Crippen LogP contribution in [0.15, 0.2) is 24.3 Å². The van der Waals surface area contributed by atoms with Crippen LogP contribution in [0.1, 0.15) is 26.3 Å². The first kappa shape index (κ1) is 13.4. The van der Waals surface area contributed by atoms with Gasteiger partial charge in [-0.05, 0) is 26.8 Å². The van der Waals surface area contributed by atoms with Crippen LogP contribution in [-0.4, -0.2) is 9.78 Å². The van der Waals surface area contributed by atoms with Crippen molar-refractivity contribution in [3.05, 3.63) is 34.9 Å². The molecule has 0 aliphatic carbocycles. The molecule has 0 atom stereocenters. The summed E-state index contributed by atoms with van der Waals surface area (Å²) < 4.78 is 1.66. The van der Waals surface area contributed by atoms with Gasteiger partial charge in [-0.15, -0.1) is 0 Å². The maximum atomic E-state index is 9.30. The summed E-state index contributed by atoms with van der Waals surface area (Å²) >= 11 is 6.16. The molecule has 5 heteroatoms. The molecule has 0 saturated heterocycles. The van der Waals surface area contributed by atoms with Gasteiger partial charge in [0.15, 0.2) is 0 Å². The monoisotopic (exact) mass is 274 g/mol. The van der Waals surface area contributed by atoms with E-state index in [0.717, 1.165) is 5.56 Å². The summed E-state index contributed by atoms with van der Waals surface area (Å²) in [5, 5.41) is 14.3. The van der Waals surface area contributed by atoms with E-state index in [4.69, 9.17) is 17.3 Å². The number of nitrogen functional groups attached to an aromatic ring is 1. The maximum Gasteiger partial charge on any atom is 0.141 e. The zero-order valence-corrected chi connectivity index (χ0v) is 11.9. The number of hydrogen-bond acceptors (Lipinski definition) is 3. The highest BCUT2D eigenvalue weighted by Crippen LogP contribution is 2.33. The summed E-state index contributed by atoms with van der Waals surface area (Å²) in [6.07, 6.45) is 0. The van der Waals surface area contributed by atoms with Gasteiger partial charge in [0.05, 0.1) is 10.6 Å². The van der Waals surface area contributed by atoms with E-state index >= 15 is 0 Å². The van der Waals surface area contributed by atoms with E-state index in [1.54, 1.807) is 10.7 Å². The normalized spacial score (nSPS) is 11.3. The molecule has 0 spiro atoms. The van der Waals surface area contributed by atoms with Gasteiger partial charge < -0.3 is 5.73 Å². The second-order valence-electron chi connectivity index (χ2n) is 5.28. The zero-order chi connectivity index (χ0) is 14.2. The minimum atomic E-state index is -0.296. The minimum absolute atomic E-state index is 0.296. The fourth-order valence-corrected chi connectivity index (χ4v) is 2.12. The largest absolute Gasteiger partial charge is 0.383 e. The number of benzene rings is 1. The molecule has 0 unspecified atom stereocenters. The van der Waals surface area contributed by atoms with Gasteiger partial charge in [0.2, 0.25) is 0 Å². The van der Waals surface area contributed by atoms with Gasteiger partial charge in [-0.2, -0.15) is 10.4 Å². The minimum Gasteiger partial charge on any atom is -0.383 e. The topological polar surface area (TPSA) is 67.6 Å². The molecule has 0 aliphatic rings. The Kier molecular flexibility index (Phi) is 3.25. The highest BCUT2D eigenvalue weighted by atomic mass is 35.5. The second-order valence-corrected chi connectivity index (χ2v) is 5.69. The summed E-state index contributed by atoms with van der Waals surface area (Å²) in [7, 11) is 0. The molecule has 0 fully saturated rings. The predicted octanol–water partition coefficient (Wildman–Crippen LogP) is 3.41. The summed E-state index contributed by atoms with van der Waals surface area (Å²) in [6, 6.07) is 9.41. The Morgan fingerprint density at radius 1 is 1.32 bits per heavy atom. The van der Waals surface area contributed by atoms with Crippen LogP contribution in [-0.2, 0) is 5.54 Å². The molecule has 2 rings (SSSR count). The van der Waals surface area contributed by atoms with Crippen molar-refractivity contribution >= 4 is 17.4 Å². The van der Waals surface area contributed by atoms with Gasteiger partial charge in [-0.1, -0.05) is 29.8 Å². The summed E-state index contributed by atoms with van der Waals surface area (Å²) in [5.41, 5.74) is 7.34. The number of halogens is 1. The lowest BCUT2D eigenvalue weighted by Gasteiger charge is -2.20. The molecule has 0 amide bonds. The van der Waals surface area contributed by atoms with Crippen LogP contribution in [0.5, 0.6) is 0 Å². The van der Waals surface area contributed by atoms with Gasteiger partial charge in [0.1, 0.15) is 23.1 Å². The van der Waals surface area contributed by atoms with E-state index < -0.39 is 0 Å². The highest BCUT2D eigenvalue weighted by Gasteiger charge is 2.24. The average molecular weight is 275 g/mol. The molecule has 0 radical (unpaired) electrons. The molecular formula is C14H15ClN4. The summed E-state index contributed by atoms with van der Waals surface area (Å²) in [4.78, 5) is 0. The van der Waals surface area contributed by atoms with E-state index in [1.165, 1.54) is 0 Å². The Labute approximate surface area is 117 Å². The van der Waals surface area contributed by atoms with Crippen molar-refractivity contribution in [3.63, 3.8) is 0 Å². The van der Waals surface area contributed by atoms with E-state index in [-0.39, 0.29) is 5.54 Å². The number of nitrogens with two attached hydrogens (primary N) is 1. The van der Waals surface area contributed by atoms with E-state index in [2.05, 4.69) is 11.2 Å². The van der Waals surface area contributed by atoms with Crippen molar-refractivity contribution in [2.24, 2.45) is 0 Å². The first-order valence-electron chi connectivity index (χ1n) is 5.90. The van der Waals surface area contributed by atoms with Gasteiger partial charge in [0.25, 0.3) is 0 Å². The van der Waals surface area contributed by atoms with Gasteiger partial charge in [-0.25, -0.2) is 4.68 Å². The van der Waals surface area contributed by atoms with Crippen LogP contribution in [0, 0.1) is 11.3 Å². The molecule has 2 aromatic rings. The first-order valence-corrected chi connectivity index (χ1v) is 6.28.